The van der Waals surface area contributed by atoms with E-state index in [1.54, 1.807) is 11.3 Å². The second-order valence-electron chi connectivity index (χ2n) is 6.39. The molecule has 1 aliphatic rings. The Hall–Kier alpha value is -1.06. The zero-order valence-electron chi connectivity index (χ0n) is 14.1. The van der Waals surface area contributed by atoms with Crippen molar-refractivity contribution in [3.63, 3.8) is 0 Å². The minimum absolute atomic E-state index is 0.306. The predicted octanol–water partition coefficient (Wildman–Crippen LogP) is 5.22. The summed E-state index contributed by atoms with van der Waals surface area (Å²) >= 11 is 10.8. The number of nitrogens with zero attached hydrogens (tertiary/aromatic N) is 3. The molecule has 1 aliphatic heterocycles. The molecule has 0 bridgehead atoms. The van der Waals surface area contributed by atoms with Gasteiger partial charge in [0, 0.05) is 22.3 Å². The highest BCUT2D eigenvalue weighted by Gasteiger charge is 2.30. The summed E-state index contributed by atoms with van der Waals surface area (Å²) < 4.78 is 2.78. The third-order valence-corrected chi connectivity index (χ3v) is 7.37. The lowest BCUT2D eigenvalue weighted by Crippen LogP contribution is -2.36. The van der Waals surface area contributed by atoms with Crippen LogP contribution in [0.2, 0.25) is 0 Å². The van der Waals surface area contributed by atoms with E-state index in [0.29, 0.717) is 12.1 Å². The molecule has 4 heterocycles. The van der Waals surface area contributed by atoms with Crippen LogP contribution in [0.4, 0.5) is 5.13 Å². The molecule has 0 fully saturated rings. The first-order valence-electron chi connectivity index (χ1n) is 8.30. The third-order valence-electron chi connectivity index (χ3n) is 4.21. The van der Waals surface area contributed by atoms with Crippen molar-refractivity contribution < 1.29 is 0 Å². The van der Waals surface area contributed by atoms with Crippen LogP contribution in [-0.2, 0) is 13.1 Å². The summed E-state index contributed by atoms with van der Waals surface area (Å²) in [4.78, 5) is 5.40. The minimum Gasteiger partial charge on any atom is -0.358 e. The zero-order chi connectivity index (χ0) is 17.4. The fourth-order valence-corrected chi connectivity index (χ4v) is 6.09. The van der Waals surface area contributed by atoms with E-state index in [2.05, 4.69) is 58.1 Å². The van der Waals surface area contributed by atoms with Crippen molar-refractivity contribution in [3.05, 3.63) is 48.2 Å². The number of hydrogen-bond donors (Lipinski definition) is 1. The quantitative estimate of drug-likeness (QED) is 0.587. The van der Waals surface area contributed by atoms with Gasteiger partial charge in [-0.1, -0.05) is 17.4 Å². The van der Waals surface area contributed by atoms with Crippen molar-refractivity contribution in [1.29, 1.82) is 0 Å². The fraction of sp³-hybridized carbons (Fsp3) is 0.412. The van der Waals surface area contributed by atoms with Crippen molar-refractivity contribution in [3.8, 4) is 0 Å². The molecule has 3 aromatic heterocycles. The van der Waals surface area contributed by atoms with Gasteiger partial charge in [-0.25, -0.2) is 4.68 Å². The van der Waals surface area contributed by atoms with Gasteiger partial charge in [-0.3, -0.25) is 4.90 Å². The van der Waals surface area contributed by atoms with Gasteiger partial charge in [0.2, 0.25) is 5.13 Å². The van der Waals surface area contributed by atoms with Gasteiger partial charge in [0.15, 0.2) is 3.95 Å². The highest BCUT2D eigenvalue weighted by molar-refractivity contribution is 7.73. The Kier molecular flexibility index (Phi) is 5.06. The minimum atomic E-state index is 0.306. The Balaban J connectivity index is 1.63. The first-order chi connectivity index (χ1) is 12.1. The molecule has 3 aromatic rings. The number of aromatic nitrogens is 2. The molecule has 0 saturated heterocycles. The lowest BCUT2D eigenvalue weighted by molar-refractivity contribution is 0.159. The number of hydrogen-bond acceptors (Lipinski definition) is 7. The first kappa shape index (κ1) is 17.4. The van der Waals surface area contributed by atoms with E-state index in [-0.39, 0.29) is 0 Å². The van der Waals surface area contributed by atoms with Gasteiger partial charge in [-0.15, -0.1) is 27.8 Å². The topological polar surface area (TPSA) is 33.1 Å². The first-order valence-corrected chi connectivity index (χ1v) is 11.3. The van der Waals surface area contributed by atoms with Crippen LogP contribution in [0.3, 0.4) is 0 Å². The SMILES string of the molecule is CC(C)Nc1nn(CN2CCc3sccc3[C@@H]2c2cccs2)c(=S)s1. The second kappa shape index (κ2) is 7.28. The molecule has 0 aliphatic carbocycles. The average Bonchev–Trinajstić information content (AvgIpc) is 3.29. The zero-order valence-corrected chi connectivity index (χ0v) is 17.4. The van der Waals surface area contributed by atoms with Gasteiger partial charge in [0.05, 0.1) is 12.7 Å². The Morgan fingerprint density at radius 1 is 1.32 bits per heavy atom. The Morgan fingerprint density at radius 3 is 2.96 bits per heavy atom. The van der Waals surface area contributed by atoms with Gasteiger partial charge < -0.3 is 5.32 Å². The molecule has 0 aromatic carbocycles. The summed E-state index contributed by atoms with van der Waals surface area (Å²) in [6, 6.07) is 7.32. The van der Waals surface area contributed by atoms with Gasteiger partial charge >= 0.3 is 0 Å². The Bertz CT molecular complexity index is 890. The Labute approximate surface area is 164 Å². The molecule has 4 rings (SSSR count). The lowest BCUT2D eigenvalue weighted by Gasteiger charge is -2.35. The molecule has 4 nitrogen and oxygen atoms in total. The monoisotopic (exact) mass is 408 g/mol. The highest BCUT2D eigenvalue weighted by Crippen LogP contribution is 2.39. The van der Waals surface area contributed by atoms with E-state index >= 15 is 0 Å². The number of fused-ring (bicyclic) bond motifs is 1. The molecule has 0 spiro atoms. The lowest BCUT2D eigenvalue weighted by atomic mass is 9.99. The van der Waals surface area contributed by atoms with Crippen LogP contribution in [0.5, 0.6) is 0 Å². The highest BCUT2D eigenvalue weighted by atomic mass is 32.1. The molecular weight excluding hydrogens is 388 g/mol. The maximum absolute atomic E-state index is 5.55. The maximum atomic E-state index is 5.55. The smallest absolute Gasteiger partial charge is 0.204 e. The Morgan fingerprint density at radius 2 is 2.20 bits per heavy atom. The molecule has 8 heteroatoms. The van der Waals surface area contributed by atoms with Crippen LogP contribution in [0.15, 0.2) is 29.0 Å². The van der Waals surface area contributed by atoms with Crippen LogP contribution >= 0.6 is 46.2 Å². The van der Waals surface area contributed by atoms with Gasteiger partial charge in [0.1, 0.15) is 0 Å². The van der Waals surface area contributed by atoms with E-state index < -0.39 is 0 Å². The largest absolute Gasteiger partial charge is 0.358 e. The summed E-state index contributed by atoms with van der Waals surface area (Å²) in [6.45, 7) is 5.99. The summed E-state index contributed by atoms with van der Waals surface area (Å²) in [5.74, 6) is 0. The van der Waals surface area contributed by atoms with Crippen molar-refractivity contribution in [2.75, 3.05) is 11.9 Å². The second-order valence-corrected chi connectivity index (χ2v) is 10.00. The molecule has 1 N–H and O–H groups in total. The van der Waals surface area contributed by atoms with E-state index in [0.717, 1.165) is 28.7 Å². The molecule has 25 heavy (non-hydrogen) atoms. The standard InChI is InChI=1S/C17H20N4S4/c1-11(2)18-16-19-21(17(22)25-16)10-20-7-5-13-12(6-9-24-13)15(20)14-4-3-8-23-14/h3-4,6,8-9,11,15H,5,7,10H2,1-2H3,(H,18,19)/t15-/m1/s1. The van der Waals surface area contributed by atoms with E-state index in [1.807, 2.05) is 27.4 Å². The number of rotatable bonds is 5. The van der Waals surface area contributed by atoms with E-state index in [4.69, 9.17) is 12.2 Å². The molecular formula is C17H20N4S4. The maximum Gasteiger partial charge on any atom is 0.204 e. The molecule has 0 saturated carbocycles. The van der Waals surface area contributed by atoms with Gasteiger partial charge in [-0.05, 0) is 60.9 Å². The summed E-state index contributed by atoms with van der Waals surface area (Å²) in [5.41, 5.74) is 1.45. The van der Waals surface area contributed by atoms with Crippen molar-refractivity contribution >= 4 is 51.4 Å². The average molecular weight is 409 g/mol. The number of thiophene rings is 2. The molecule has 0 amide bonds. The van der Waals surface area contributed by atoms with Crippen LogP contribution in [0.25, 0.3) is 0 Å². The van der Waals surface area contributed by atoms with E-state index in [9.17, 15) is 0 Å². The van der Waals surface area contributed by atoms with Crippen molar-refractivity contribution in [1.82, 2.24) is 14.7 Å². The normalized spacial score (nSPS) is 17.8. The molecule has 1 atom stereocenters. The molecule has 132 valence electrons. The van der Waals surface area contributed by atoms with Gasteiger partial charge in [0.25, 0.3) is 0 Å². The van der Waals surface area contributed by atoms with Crippen LogP contribution < -0.4 is 5.32 Å². The van der Waals surface area contributed by atoms with Crippen molar-refractivity contribution in [2.45, 2.75) is 39.0 Å². The fourth-order valence-electron chi connectivity index (χ4n) is 3.17. The molecule has 0 radical (unpaired) electrons. The number of nitrogens with one attached hydrogen (secondary N) is 1. The summed E-state index contributed by atoms with van der Waals surface area (Å²) in [7, 11) is 0. The van der Waals surface area contributed by atoms with Crippen LogP contribution in [0.1, 0.15) is 35.2 Å². The van der Waals surface area contributed by atoms with Crippen LogP contribution in [0, 0.1) is 3.95 Å². The summed E-state index contributed by atoms with van der Waals surface area (Å²) in [5, 5.41) is 13.3. The van der Waals surface area contributed by atoms with E-state index in [1.165, 1.54) is 15.3 Å². The van der Waals surface area contributed by atoms with Gasteiger partial charge in [-0.2, -0.15) is 0 Å². The predicted molar refractivity (Wildman–Crippen MR) is 111 cm³/mol. The summed E-state index contributed by atoms with van der Waals surface area (Å²) in [6.07, 6.45) is 1.10. The van der Waals surface area contributed by atoms with Crippen molar-refractivity contribution in [2.24, 2.45) is 0 Å². The van der Waals surface area contributed by atoms with Crippen LogP contribution in [-0.4, -0.2) is 27.3 Å². The molecule has 0 unspecified atom stereocenters. The third kappa shape index (κ3) is 3.59. The number of anilines is 1.